The van der Waals surface area contributed by atoms with Crippen molar-refractivity contribution in [2.75, 3.05) is 64.0 Å². The van der Waals surface area contributed by atoms with Gasteiger partial charge in [-0.3, -0.25) is 0 Å². The molecule has 246 valence electrons. The van der Waals surface area contributed by atoms with E-state index in [4.69, 9.17) is 42.6 Å². The van der Waals surface area contributed by atoms with Crippen LogP contribution in [0.25, 0.3) is 0 Å². The molecule has 0 amide bonds. The molecule has 1 aromatic heterocycles. The van der Waals surface area contributed by atoms with Gasteiger partial charge in [0.2, 0.25) is 23.1 Å². The molecule has 0 atom stereocenters. The van der Waals surface area contributed by atoms with Crippen molar-refractivity contribution in [2.24, 2.45) is 0 Å². The van der Waals surface area contributed by atoms with Gasteiger partial charge in [-0.1, -0.05) is 17.8 Å². The van der Waals surface area contributed by atoms with E-state index < -0.39 is 0 Å². The Morgan fingerprint density at radius 2 is 0.604 bits per heavy atom. The third-order valence-corrected chi connectivity index (χ3v) is 6.71. The zero-order valence-corrected chi connectivity index (χ0v) is 28.1. The Labute approximate surface area is 280 Å². The third kappa shape index (κ3) is 7.88. The van der Waals surface area contributed by atoms with Crippen LogP contribution in [0.5, 0.6) is 51.7 Å². The summed E-state index contributed by atoms with van der Waals surface area (Å²) in [5.41, 5.74) is 2.56. The van der Waals surface area contributed by atoms with Crippen molar-refractivity contribution in [3.8, 4) is 87.3 Å². The average molecular weight is 651 g/mol. The lowest BCUT2D eigenvalue weighted by Crippen LogP contribution is -1.98. The van der Waals surface area contributed by atoms with Crippen LogP contribution in [0.4, 0.5) is 0 Å². The first-order chi connectivity index (χ1) is 23.3. The molecule has 0 N–H and O–H groups in total. The van der Waals surface area contributed by atoms with Crippen molar-refractivity contribution in [3.63, 3.8) is 0 Å². The van der Waals surface area contributed by atoms with Crippen LogP contribution in [0.3, 0.4) is 0 Å². The minimum atomic E-state index is 0.189. The van der Waals surface area contributed by atoms with Crippen molar-refractivity contribution in [3.05, 3.63) is 76.4 Å². The summed E-state index contributed by atoms with van der Waals surface area (Å²) in [6, 6.07) is 12.1. The Morgan fingerprint density at radius 3 is 0.854 bits per heavy atom. The minimum absolute atomic E-state index is 0.189. The van der Waals surface area contributed by atoms with E-state index in [0.717, 1.165) is 0 Å². The highest BCUT2D eigenvalue weighted by Gasteiger charge is 2.15. The van der Waals surface area contributed by atoms with Crippen LogP contribution in [0.2, 0.25) is 0 Å². The second-order valence-corrected chi connectivity index (χ2v) is 9.45. The Kier molecular flexibility index (Phi) is 11.7. The molecule has 11 heteroatoms. The quantitative estimate of drug-likeness (QED) is 0.234. The predicted octanol–water partition coefficient (Wildman–Crippen LogP) is 4.75. The van der Waals surface area contributed by atoms with Gasteiger partial charge in [0.05, 0.1) is 64.0 Å². The fraction of sp³-hybridized carbons (Fsp3) is 0.243. The lowest BCUT2D eigenvalue weighted by atomic mass is 10.1. The maximum Gasteiger partial charge on any atom is 0.207 e. The Bertz CT molecular complexity index is 1670. The highest BCUT2D eigenvalue weighted by molar-refractivity contribution is 5.60. The first-order valence-corrected chi connectivity index (χ1v) is 14.2. The van der Waals surface area contributed by atoms with Crippen LogP contribution in [0.15, 0.2) is 42.5 Å². The van der Waals surface area contributed by atoms with E-state index >= 15 is 0 Å². The summed E-state index contributed by atoms with van der Waals surface area (Å²) < 4.78 is 49.1. The predicted molar refractivity (Wildman–Crippen MR) is 178 cm³/mol. The van der Waals surface area contributed by atoms with E-state index in [9.17, 15) is 0 Å². The highest BCUT2D eigenvalue weighted by atomic mass is 16.5. The molecule has 0 unspecified atom stereocenters. The number of nitrogens with zero attached hydrogens (tertiary/aromatic N) is 2. The molecule has 48 heavy (non-hydrogen) atoms. The largest absolute Gasteiger partial charge is 0.493 e. The summed E-state index contributed by atoms with van der Waals surface area (Å²) in [6.45, 7) is 0. The lowest BCUT2D eigenvalue weighted by Gasteiger charge is -2.12. The summed E-state index contributed by atoms with van der Waals surface area (Å²) in [5.74, 6) is 22.8. The van der Waals surface area contributed by atoms with Crippen molar-refractivity contribution in [1.29, 1.82) is 0 Å². The minimum Gasteiger partial charge on any atom is -0.493 e. The van der Waals surface area contributed by atoms with E-state index in [1.165, 1.54) is 64.0 Å². The Morgan fingerprint density at radius 1 is 0.333 bits per heavy atom. The number of rotatable bonds is 9. The number of benzene rings is 3. The van der Waals surface area contributed by atoms with Gasteiger partial charge in [0.25, 0.3) is 0 Å². The van der Waals surface area contributed by atoms with Crippen LogP contribution in [0, 0.1) is 35.5 Å². The summed E-state index contributed by atoms with van der Waals surface area (Å²) in [7, 11) is 13.8. The molecule has 0 saturated heterocycles. The van der Waals surface area contributed by atoms with Crippen LogP contribution in [-0.2, 0) is 0 Å². The number of hydrogen-bond donors (Lipinski definition) is 0. The molecule has 0 fully saturated rings. The molecule has 4 aromatic rings. The molecular weight excluding hydrogens is 616 g/mol. The van der Waals surface area contributed by atoms with Gasteiger partial charge < -0.3 is 42.6 Å². The molecule has 0 spiro atoms. The number of ether oxygens (including phenoxy) is 9. The van der Waals surface area contributed by atoms with E-state index in [0.29, 0.717) is 79.8 Å². The molecule has 0 aliphatic heterocycles. The number of aromatic nitrogens is 2. The fourth-order valence-corrected chi connectivity index (χ4v) is 4.49. The summed E-state index contributed by atoms with van der Waals surface area (Å²) >= 11 is 0. The standard InChI is InChI=1S/C37H34N2O9/c1-40-28-16-23(17-29(41-2)35(28)46-7)10-13-26-22-27(14-11-24-18-30(42-3)36(47-8)31(19-24)43-4)39-34(38-26)15-12-25-20-32(44-5)37(48-9)33(21-25)45-6/h16-22H,1-9H3. The van der Waals surface area contributed by atoms with Crippen molar-refractivity contribution in [2.45, 2.75) is 0 Å². The van der Waals surface area contributed by atoms with Crippen molar-refractivity contribution < 1.29 is 42.6 Å². The molecular formula is C37H34N2O9. The maximum atomic E-state index is 5.47. The lowest BCUT2D eigenvalue weighted by molar-refractivity contribution is 0.324. The van der Waals surface area contributed by atoms with Gasteiger partial charge in [0.1, 0.15) is 11.4 Å². The summed E-state index contributed by atoms with van der Waals surface area (Å²) in [5, 5.41) is 0. The summed E-state index contributed by atoms with van der Waals surface area (Å²) in [4.78, 5) is 9.15. The summed E-state index contributed by atoms with van der Waals surface area (Å²) in [6.07, 6.45) is 0. The van der Waals surface area contributed by atoms with E-state index in [1.54, 1.807) is 42.5 Å². The molecule has 0 saturated carbocycles. The van der Waals surface area contributed by atoms with Gasteiger partial charge in [0.15, 0.2) is 34.5 Å². The van der Waals surface area contributed by atoms with Crippen molar-refractivity contribution >= 4 is 0 Å². The van der Waals surface area contributed by atoms with E-state index in [2.05, 4.69) is 45.5 Å². The van der Waals surface area contributed by atoms with Crippen LogP contribution in [0.1, 0.15) is 33.9 Å². The van der Waals surface area contributed by atoms with Gasteiger partial charge in [-0.25, -0.2) is 9.97 Å². The normalized spacial score (nSPS) is 9.69. The first-order valence-electron chi connectivity index (χ1n) is 14.2. The topological polar surface area (TPSA) is 109 Å². The van der Waals surface area contributed by atoms with Crippen molar-refractivity contribution in [1.82, 2.24) is 9.97 Å². The van der Waals surface area contributed by atoms with Crippen LogP contribution in [-0.4, -0.2) is 74.0 Å². The molecule has 0 radical (unpaired) electrons. The third-order valence-electron chi connectivity index (χ3n) is 6.71. The first kappa shape index (κ1) is 34.5. The molecule has 4 rings (SSSR count). The zero-order chi connectivity index (χ0) is 34.6. The number of methoxy groups -OCH3 is 9. The molecule has 0 bridgehead atoms. The van der Waals surface area contributed by atoms with Gasteiger partial charge in [-0.05, 0) is 54.2 Å². The molecule has 0 aliphatic rings. The van der Waals surface area contributed by atoms with Gasteiger partial charge >= 0.3 is 0 Å². The fourth-order valence-electron chi connectivity index (χ4n) is 4.49. The second-order valence-electron chi connectivity index (χ2n) is 9.45. The Balaban J connectivity index is 1.84. The van der Waals surface area contributed by atoms with Gasteiger partial charge in [-0.2, -0.15) is 0 Å². The maximum absolute atomic E-state index is 5.47. The molecule has 0 aliphatic carbocycles. The van der Waals surface area contributed by atoms with E-state index in [-0.39, 0.29) is 5.82 Å². The second kappa shape index (κ2) is 16.3. The zero-order valence-electron chi connectivity index (χ0n) is 28.1. The Hall–Kier alpha value is -6.38. The van der Waals surface area contributed by atoms with Gasteiger partial charge in [0, 0.05) is 22.8 Å². The number of hydrogen-bond acceptors (Lipinski definition) is 11. The smallest absolute Gasteiger partial charge is 0.207 e. The SMILES string of the molecule is COc1cc(C#Cc2cc(C#Cc3cc(OC)c(OC)c(OC)c3)nc(C#Cc3cc(OC)c(OC)c(OC)c3)n2)cc(OC)c1OC. The van der Waals surface area contributed by atoms with Crippen LogP contribution < -0.4 is 42.6 Å². The van der Waals surface area contributed by atoms with Gasteiger partial charge in [-0.15, -0.1) is 0 Å². The molecule has 3 aromatic carbocycles. The average Bonchev–Trinajstić information content (AvgIpc) is 3.13. The van der Waals surface area contributed by atoms with E-state index in [1.807, 2.05) is 0 Å². The monoisotopic (exact) mass is 650 g/mol. The molecule has 11 nitrogen and oxygen atoms in total. The molecule has 1 heterocycles. The van der Waals surface area contributed by atoms with Crippen LogP contribution >= 0.6 is 0 Å². The highest BCUT2D eigenvalue weighted by Crippen LogP contribution is 2.39.